The second-order valence-electron chi connectivity index (χ2n) is 2.76. The molecular weight excluding hydrogens is 218 g/mol. The molecule has 5 nitrogen and oxygen atoms in total. The summed E-state index contributed by atoms with van der Waals surface area (Å²) in [6.45, 7) is 0.00623. The Morgan fingerprint density at radius 2 is 2.40 bits per heavy atom. The van der Waals surface area contributed by atoms with Crippen LogP contribution in [0.25, 0.3) is 0 Å². The van der Waals surface area contributed by atoms with E-state index in [1.54, 1.807) is 19.2 Å². The molecule has 0 saturated heterocycles. The number of halogens is 1. The molecule has 1 heterocycles. The number of hydrogen-bond acceptors (Lipinski definition) is 5. The smallest absolute Gasteiger partial charge is 0.320 e. The van der Waals surface area contributed by atoms with E-state index in [4.69, 9.17) is 22.1 Å². The lowest BCUT2D eigenvalue weighted by molar-refractivity contribution is -0.143. The molecule has 6 heteroatoms. The largest absolute Gasteiger partial charge is 0.460 e. The van der Waals surface area contributed by atoms with Crippen LogP contribution in [0, 0.1) is 0 Å². The number of nitrogens with one attached hydrogen (secondary N) is 1. The lowest BCUT2D eigenvalue weighted by atomic mass is 10.3. The summed E-state index contributed by atoms with van der Waals surface area (Å²) in [4.78, 5) is 14.9. The average molecular weight is 230 g/mol. The molecule has 0 fully saturated rings. The maximum atomic E-state index is 10.8. The number of carbonyl (C=O) groups excluding carboxylic acids is 1. The van der Waals surface area contributed by atoms with Gasteiger partial charge in [0.2, 0.25) is 0 Å². The standard InChI is InChI=1S/C9H12ClN3O2/c1-12-9-6(2-3-7(10)13-9)5-15-8(14)4-11/h2-3H,4-5,11H2,1H3,(H,12,13). The fraction of sp³-hybridized carbons (Fsp3) is 0.333. The van der Waals surface area contributed by atoms with E-state index in [2.05, 4.69) is 10.3 Å². The number of nitrogens with two attached hydrogens (primary N) is 1. The summed E-state index contributed by atoms with van der Waals surface area (Å²) in [6, 6.07) is 3.37. The van der Waals surface area contributed by atoms with Crippen molar-refractivity contribution in [3.8, 4) is 0 Å². The Kier molecular flexibility index (Phi) is 4.33. The van der Waals surface area contributed by atoms with Crippen molar-refractivity contribution >= 4 is 23.4 Å². The third kappa shape index (κ3) is 3.38. The van der Waals surface area contributed by atoms with Gasteiger partial charge in [0.1, 0.15) is 17.6 Å². The highest BCUT2D eigenvalue weighted by molar-refractivity contribution is 6.29. The number of pyridine rings is 1. The van der Waals surface area contributed by atoms with Gasteiger partial charge in [-0.2, -0.15) is 0 Å². The molecule has 0 saturated carbocycles. The molecule has 0 spiro atoms. The van der Waals surface area contributed by atoms with Gasteiger partial charge < -0.3 is 15.8 Å². The summed E-state index contributed by atoms with van der Waals surface area (Å²) in [5, 5.41) is 3.24. The second-order valence-corrected chi connectivity index (χ2v) is 3.14. The maximum Gasteiger partial charge on any atom is 0.320 e. The highest BCUT2D eigenvalue weighted by Gasteiger charge is 2.06. The van der Waals surface area contributed by atoms with Crippen molar-refractivity contribution in [2.24, 2.45) is 5.73 Å². The Morgan fingerprint density at radius 3 is 3.00 bits per heavy atom. The SMILES string of the molecule is CNc1nc(Cl)ccc1COC(=O)CN. The van der Waals surface area contributed by atoms with Crippen LogP contribution in [0.1, 0.15) is 5.56 Å². The van der Waals surface area contributed by atoms with E-state index in [0.29, 0.717) is 11.0 Å². The number of esters is 1. The topological polar surface area (TPSA) is 77.2 Å². The number of rotatable bonds is 4. The fourth-order valence-electron chi connectivity index (χ4n) is 1.01. The van der Waals surface area contributed by atoms with Crippen LogP contribution in [-0.2, 0) is 16.1 Å². The Labute approximate surface area is 92.6 Å². The molecule has 0 aliphatic heterocycles. The number of aromatic nitrogens is 1. The molecule has 0 atom stereocenters. The Morgan fingerprint density at radius 1 is 1.67 bits per heavy atom. The van der Waals surface area contributed by atoms with E-state index in [1.165, 1.54) is 0 Å². The molecule has 0 bridgehead atoms. The van der Waals surface area contributed by atoms with E-state index in [9.17, 15) is 4.79 Å². The number of nitrogens with zero attached hydrogens (tertiary/aromatic N) is 1. The summed E-state index contributed by atoms with van der Waals surface area (Å²) in [5.41, 5.74) is 5.86. The van der Waals surface area contributed by atoms with Gasteiger partial charge in [0.15, 0.2) is 0 Å². The zero-order valence-corrected chi connectivity index (χ0v) is 9.04. The lowest BCUT2D eigenvalue weighted by Crippen LogP contribution is -2.16. The Bertz CT molecular complexity index is 357. The number of hydrogen-bond donors (Lipinski definition) is 2. The lowest BCUT2D eigenvalue weighted by Gasteiger charge is -2.08. The van der Waals surface area contributed by atoms with Gasteiger partial charge in [0.25, 0.3) is 0 Å². The quantitative estimate of drug-likeness (QED) is 0.589. The first-order valence-corrected chi connectivity index (χ1v) is 4.74. The minimum atomic E-state index is -0.452. The van der Waals surface area contributed by atoms with Gasteiger partial charge in [0.05, 0.1) is 6.54 Å². The van der Waals surface area contributed by atoms with Gasteiger partial charge in [-0.3, -0.25) is 4.79 Å². The minimum absolute atomic E-state index is 0.129. The minimum Gasteiger partial charge on any atom is -0.460 e. The molecule has 1 aromatic heterocycles. The van der Waals surface area contributed by atoms with Crippen LogP contribution < -0.4 is 11.1 Å². The third-order valence-electron chi connectivity index (χ3n) is 1.74. The predicted octanol–water partition coefficient (Wildman–Crippen LogP) is 0.779. The molecule has 1 rings (SSSR count). The Balaban J connectivity index is 2.72. The van der Waals surface area contributed by atoms with E-state index in [0.717, 1.165) is 5.56 Å². The summed E-state index contributed by atoms with van der Waals surface area (Å²) in [7, 11) is 1.72. The van der Waals surface area contributed by atoms with Crippen LogP contribution in [0.15, 0.2) is 12.1 Å². The molecule has 0 aliphatic rings. The first kappa shape index (κ1) is 11.7. The number of carbonyl (C=O) groups is 1. The van der Waals surface area contributed by atoms with Gasteiger partial charge in [-0.05, 0) is 12.1 Å². The first-order chi connectivity index (χ1) is 7.17. The van der Waals surface area contributed by atoms with Gasteiger partial charge >= 0.3 is 5.97 Å². The molecule has 1 aromatic rings. The summed E-state index contributed by atoms with van der Waals surface area (Å²) in [6.07, 6.45) is 0. The van der Waals surface area contributed by atoms with E-state index in [1.807, 2.05) is 0 Å². The molecule has 15 heavy (non-hydrogen) atoms. The van der Waals surface area contributed by atoms with Gasteiger partial charge in [-0.15, -0.1) is 0 Å². The van der Waals surface area contributed by atoms with Crippen molar-refractivity contribution < 1.29 is 9.53 Å². The average Bonchev–Trinajstić information content (AvgIpc) is 2.26. The van der Waals surface area contributed by atoms with Crippen LogP contribution in [0.3, 0.4) is 0 Å². The van der Waals surface area contributed by atoms with Gasteiger partial charge in [-0.1, -0.05) is 11.6 Å². The third-order valence-corrected chi connectivity index (χ3v) is 1.95. The molecule has 0 unspecified atom stereocenters. The molecule has 3 N–H and O–H groups in total. The fourth-order valence-corrected chi connectivity index (χ4v) is 1.16. The van der Waals surface area contributed by atoms with E-state index in [-0.39, 0.29) is 13.2 Å². The molecule has 0 radical (unpaired) electrons. The number of ether oxygens (including phenoxy) is 1. The monoisotopic (exact) mass is 229 g/mol. The van der Waals surface area contributed by atoms with E-state index < -0.39 is 5.97 Å². The van der Waals surface area contributed by atoms with Crippen molar-refractivity contribution in [1.82, 2.24) is 4.98 Å². The van der Waals surface area contributed by atoms with Crippen LogP contribution in [-0.4, -0.2) is 24.5 Å². The zero-order valence-electron chi connectivity index (χ0n) is 8.29. The molecule has 0 aromatic carbocycles. The van der Waals surface area contributed by atoms with Crippen LogP contribution in [0.2, 0.25) is 5.15 Å². The van der Waals surface area contributed by atoms with E-state index >= 15 is 0 Å². The molecule has 0 aliphatic carbocycles. The molecule has 0 amide bonds. The van der Waals surface area contributed by atoms with Crippen molar-refractivity contribution in [3.05, 3.63) is 22.8 Å². The zero-order chi connectivity index (χ0) is 11.3. The summed E-state index contributed by atoms with van der Waals surface area (Å²) >= 11 is 5.71. The normalized spacial score (nSPS) is 9.80. The highest BCUT2D eigenvalue weighted by Crippen LogP contribution is 2.16. The first-order valence-electron chi connectivity index (χ1n) is 4.36. The summed E-state index contributed by atoms with van der Waals surface area (Å²) < 4.78 is 4.87. The van der Waals surface area contributed by atoms with Crippen LogP contribution >= 0.6 is 11.6 Å². The van der Waals surface area contributed by atoms with Gasteiger partial charge in [-0.25, -0.2) is 4.98 Å². The Hall–Kier alpha value is -1.33. The highest BCUT2D eigenvalue weighted by atomic mass is 35.5. The maximum absolute atomic E-state index is 10.8. The molecule has 82 valence electrons. The summed E-state index contributed by atoms with van der Waals surface area (Å²) in [5.74, 6) is 0.138. The predicted molar refractivity (Wildman–Crippen MR) is 57.6 cm³/mol. The molecular formula is C9H12ClN3O2. The van der Waals surface area contributed by atoms with Crippen molar-refractivity contribution in [1.29, 1.82) is 0 Å². The van der Waals surface area contributed by atoms with Crippen molar-refractivity contribution in [2.45, 2.75) is 6.61 Å². The number of anilines is 1. The van der Waals surface area contributed by atoms with Crippen LogP contribution in [0.5, 0.6) is 0 Å². The van der Waals surface area contributed by atoms with Gasteiger partial charge in [0, 0.05) is 12.6 Å². The van der Waals surface area contributed by atoms with Crippen molar-refractivity contribution in [2.75, 3.05) is 18.9 Å². The second kappa shape index (κ2) is 5.53. The van der Waals surface area contributed by atoms with Crippen molar-refractivity contribution in [3.63, 3.8) is 0 Å². The van der Waals surface area contributed by atoms with Crippen LogP contribution in [0.4, 0.5) is 5.82 Å².